The largest absolute Gasteiger partial charge is 0.282 e. The molecule has 0 radical (unpaired) electrons. The Labute approximate surface area is 129 Å². The van der Waals surface area contributed by atoms with Crippen LogP contribution in [0.5, 0.6) is 0 Å². The molecule has 0 aliphatic rings. The number of hydrogen-bond acceptors (Lipinski definition) is 6. The maximum absolute atomic E-state index is 11.9. The van der Waals surface area contributed by atoms with Crippen LogP contribution in [0.25, 0.3) is 0 Å². The number of nitro groups is 2. The Morgan fingerprint density at radius 1 is 0.957 bits per heavy atom. The highest BCUT2D eigenvalue weighted by atomic mass is 16.6. The zero-order chi connectivity index (χ0) is 16.8. The van der Waals surface area contributed by atoms with Gasteiger partial charge in [0.05, 0.1) is 21.6 Å². The number of rotatable bonds is 5. The van der Waals surface area contributed by atoms with Crippen LogP contribution in [0, 0.1) is 20.2 Å². The average Bonchev–Trinajstić information content (AvgIpc) is 2.55. The normalized spacial score (nSPS) is 10.4. The molecule has 0 heterocycles. The van der Waals surface area contributed by atoms with Crippen LogP contribution in [0.15, 0.2) is 53.6 Å². The van der Waals surface area contributed by atoms with Crippen LogP contribution in [-0.2, 0) is 0 Å². The van der Waals surface area contributed by atoms with Gasteiger partial charge < -0.3 is 0 Å². The Kier molecular flexibility index (Phi) is 4.72. The quantitative estimate of drug-likeness (QED) is 0.514. The van der Waals surface area contributed by atoms with Gasteiger partial charge in [0.1, 0.15) is 5.56 Å². The second kappa shape index (κ2) is 6.89. The smallest absolute Gasteiger partial charge is 0.267 e. The van der Waals surface area contributed by atoms with E-state index in [0.29, 0.717) is 0 Å². The molecule has 9 heteroatoms. The first-order chi connectivity index (χ1) is 11.0. The Bertz CT molecular complexity index is 803. The molecule has 2 rings (SSSR count). The summed E-state index contributed by atoms with van der Waals surface area (Å²) in [4.78, 5) is 32.4. The highest BCUT2D eigenvalue weighted by Gasteiger charge is 2.18. The Hall–Kier alpha value is -3.62. The maximum Gasteiger partial charge on any atom is 0.282 e. The van der Waals surface area contributed by atoms with Crippen molar-refractivity contribution in [2.24, 2.45) is 5.10 Å². The van der Waals surface area contributed by atoms with Crippen molar-refractivity contribution in [3.05, 3.63) is 79.9 Å². The highest BCUT2D eigenvalue weighted by Crippen LogP contribution is 2.17. The van der Waals surface area contributed by atoms with Gasteiger partial charge in [-0.25, -0.2) is 5.43 Å². The number of carbonyl (C=O) groups excluding carboxylic acids is 1. The molecule has 2 aromatic carbocycles. The molecule has 1 amide bonds. The Morgan fingerprint density at radius 2 is 1.52 bits per heavy atom. The van der Waals surface area contributed by atoms with Gasteiger partial charge in [-0.15, -0.1) is 0 Å². The van der Waals surface area contributed by atoms with Crippen molar-refractivity contribution in [2.45, 2.75) is 0 Å². The van der Waals surface area contributed by atoms with E-state index in [9.17, 15) is 25.0 Å². The summed E-state index contributed by atoms with van der Waals surface area (Å²) in [5.41, 5.74) is 1.63. The lowest BCUT2D eigenvalue weighted by atomic mass is 10.2. The maximum atomic E-state index is 11.9. The third-order valence-corrected chi connectivity index (χ3v) is 2.85. The number of carbonyl (C=O) groups is 1. The van der Waals surface area contributed by atoms with Crippen molar-refractivity contribution in [3.63, 3.8) is 0 Å². The van der Waals surface area contributed by atoms with Gasteiger partial charge >= 0.3 is 0 Å². The molecule has 9 nitrogen and oxygen atoms in total. The summed E-state index contributed by atoms with van der Waals surface area (Å²) in [6.45, 7) is 0. The lowest BCUT2D eigenvalue weighted by Gasteiger charge is -2.01. The van der Waals surface area contributed by atoms with Gasteiger partial charge in [-0.3, -0.25) is 25.0 Å². The summed E-state index contributed by atoms with van der Waals surface area (Å²) < 4.78 is 0. The minimum absolute atomic E-state index is 0.155. The van der Waals surface area contributed by atoms with Gasteiger partial charge in [0.15, 0.2) is 0 Å². The summed E-state index contributed by atoms with van der Waals surface area (Å²) >= 11 is 0. The average molecular weight is 314 g/mol. The summed E-state index contributed by atoms with van der Waals surface area (Å²) in [6, 6.07) is 11.2. The topological polar surface area (TPSA) is 128 Å². The summed E-state index contributed by atoms with van der Waals surface area (Å²) in [5, 5.41) is 25.3. The van der Waals surface area contributed by atoms with E-state index in [4.69, 9.17) is 0 Å². The fraction of sp³-hybridized carbons (Fsp3) is 0. The van der Waals surface area contributed by atoms with E-state index < -0.39 is 15.8 Å². The highest BCUT2D eigenvalue weighted by molar-refractivity contribution is 5.98. The first-order valence-corrected chi connectivity index (χ1v) is 6.31. The SMILES string of the molecule is O=C(N/N=C/c1ccccc1[N+](=O)[O-])c1ccccc1[N+](=O)[O-]. The number of nitrogens with zero attached hydrogens (tertiary/aromatic N) is 3. The summed E-state index contributed by atoms with van der Waals surface area (Å²) in [7, 11) is 0. The number of hydrogen-bond donors (Lipinski definition) is 1. The van der Waals surface area contributed by atoms with Gasteiger partial charge in [-0.05, 0) is 12.1 Å². The van der Waals surface area contributed by atoms with Gasteiger partial charge in [0, 0.05) is 12.1 Å². The number of amides is 1. The van der Waals surface area contributed by atoms with E-state index in [2.05, 4.69) is 10.5 Å². The van der Waals surface area contributed by atoms with E-state index in [1.165, 1.54) is 42.5 Å². The molecule has 0 fully saturated rings. The van der Waals surface area contributed by atoms with Crippen LogP contribution < -0.4 is 5.43 Å². The van der Waals surface area contributed by atoms with Crippen molar-refractivity contribution in [1.82, 2.24) is 5.43 Å². The first kappa shape index (κ1) is 15.8. The standard InChI is InChI=1S/C14H10N4O5/c19-14(11-6-2-4-8-13(11)18(22)23)16-15-9-10-5-1-3-7-12(10)17(20)21/h1-9H,(H,16,19)/b15-9+. The van der Waals surface area contributed by atoms with Crippen molar-refractivity contribution in [3.8, 4) is 0 Å². The molecule has 1 N–H and O–H groups in total. The van der Waals surface area contributed by atoms with E-state index in [1.807, 2.05) is 0 Å². The lowest BCUT2D eigenvalue weighted by molar-refractivity contribution is -0.385. The van der Waals surface area contributed by atoms with Crippen molar-refractivity contribution >= 4 is 23.5 Å². The second-order valence-electron chi connectivity index (χ2n) is 4.29. The van der Waals surface area contributed by atoms with E-state index in [0.717, 1.165) is 6.21 Å². The zero-order valence-corrected chi connectivity index (χ0v) is 11.6. The van der Waals surface area contributed by atoms with Crippen LogP contribution in [0.3, 0.4) is 0 Å². The third kappa shape index (κ3) is 3.73. The van der Waals surface area contributed by atoms with Crippen molar-refractivity contribution in [1.29, 1.82) is 0 Å². The minimum atomic E-state index is -0.785. The van der Waals surface area contributed by atoms with Crippen molar-refractivity contribution in [2.75, 3.05) is 0 Å². The zero-order valence-electron chi connectivity index (χ0n) is 11.6. The number of nitrogens with one attached hydrogen (secondary N) is 1. The molecule has 0 spiro atoms. The molecular formula is C14H10N4O5. The number of benzene rings is 2. The number of para-hydroxylation sites is 2. The number of nitro benzene ring substituents is 2. The molecule has 116 valence electrons. The van der Waals surface area contributed by atoms with Crippen LogP contribution in [0.1, 0.15) is 15.9 Å². The molecule has 0 aliphatic heterocycles. The molecule has 23 heavy (non-hydrogen) atoms. The fourth-order valence-electron chi connectivity index (χ4n) is 1.81. The predicted octanol–water partition coefficient (Wildman–Crippen LogP) is 2.27. The minimum Gasteiger partial charge on any atom is -0.267 e. The van der Waals surface area contributed by atoms with Gasteiger partial charge in [0.2, 0.25) is 0 Å². The van der Waals surface area contributed by atoms with Crippen LogP contribution in [0.4, 0.5) is 11.4 Å². The van der Waals surface area contributed by atoms with Crippen molar-refractivity contribution < 1.29 is 14.6 Å². The molecule has 0 unspecified atom stereocenters. The second-order valence-corrected chi connectivity index (χ2v) is 4.29. The molecule has 0 saturated carbocycles. The monoisotopic (exact) mass is 314 g/mol. The van der Waals surface area contributed by atoms with E-state index in [1.54, 1.807) is 6.07 Å². The van der Waals surface area contributed by atoms with Gasteiger partial charge in [-0.2, -0.15) is 5.10 Å². The molecule has 0 bridgehead atoms. The Morgan fingerprint density at radius 3 is 2.17 bits per heavy atom. The third-order valence-electron chi connectivity index (χ3n) is 2.85. The first-order valence-electron chi connectivity index (χ1n) is 6.31. The van der Waals surface area contributed by atoms with Crippen LogP contribution in [0.2, 0.25) is 0 Å². The summed E-state index contributed by atoms with van der Waals surface area (Å²) in [6.07, 6.45) is 1.10. The molecule has 2 aromatic rings. The van der Waals surface area contributed by atoms with Gasteiger partial charge in [-0.1, -0.05) is 24.3 Å². The molecule has 0 aromatic heterocycles. The lowest BCUT2D eigenvalue weighted by Crippen LogP contribution is -2.19. The van der Waals surface area contributed by atoms with Crippen LogP contribution >= 0.6 is 0 Å². The predicted molar refractivity (Wildman–Crippen MR) is 81.3 cm³/mol. The van der Waals surface area contributed by atoms with E-state index in [-0.39, 0.29) is 22.5 Å². The molecule has 0 aliphatic carbocycles. The fourth-order valence-corrected chi connectivity index (χ4v) is 1.81. The molecule has 0 saturated heterocycles. The number of hydrazone groups is 1. The van der Waals surface area contributed by atoms with Gasteiger partial charge in [0.25, 0.3) is 17.3 Å². The van der Waals surface area contributed by atoms with Crippen LogP contribution in [-0.4, -0.2) is 22.0 Å². The molecule has 0 atom stereocenters. The van der Waals surface area contributed by atoms with E-state index >= 15 is 0 Å². The Balaban J connectivity index is 2.17. The summed E-state index contributed by atoms with van der Waals surface area (Å²) in [5.74, 6) is -0.785. The molecular weight excluding hydrogens is 304 g/mol.